The number of carbonyl (C=O) groups is 2. The first-order valence-electron chi connectivity index (χ1n) is 11.8. The summed E-state index contributed by atoms with van der Waals surface area (Å²) in [5.74, 6) is -82.4. The van der Waals surface area contributed by atoms with Crippen molar-refractivity contribution in [3.8, 4) is 0 Å². The largest absolute Gasteiger partial charge is 0.481 e. The summed E-state index contributed by atoms with van der Waals surface area (Å²) in [6.45, 7) is 0. The molecular formula is C20H19F21N2O4S. The Balaban J connectivity index is 5.96. The van der Waals surface area contributed by atoms with Crippen molar-refractivity contribution in [3.63, 3.8) is 0 Å². The van der Waals surface area contributed by atoms with Crippen LogP contribution in [0.15, 0.2) is 0 Å². The second kappa shape index (κ2) is 14.2. The molecule has 0 fully saturated rings. The third kappa shape index (κ3) is 8.03. The molecule has 28 heteroatoms. The number of carbonyl (C=O) groups excluding carboxylic acids is 1. The second-order valence-corrected chi connectivity index (χ2v) is 10.8. The first kappa shape index (κ1) is 45.7. The summed E-state index contributed by atoms with van der Waals surface area (Å²) >= 11 is -0.0920. The molecule has 0 spiro atoms. The Labute approximate surface area is 256 Å². The molecule has 6 nitrogen and oxygen atoms in total. The maximum atomic E-state index is 13.9. The zero-order valence-corrected chi connectivity index (χ0v) is 23.3. The minimum atomic E-state index is -9.23. The second-order valence-electron chi connectivity index (χ2n) is 9.59. The maximum absolute atomic E-state index is 13.9. The number of nitrogens with one attached hydrogen (secondary N) is 1. The molecule has 0 aromatic heterocycles. The number of aliphatic hydroxyl groups is 1. The monoisotopic (exact) mass is 782 g/mol. The molecule has 2 atom stereocenters. The number of amides is 1. The van der Waals surface area contributed by atoms with Crippen LogP contribution in [0.25, 0.3) is 0 Å². The lowest BCUT2D eigenvalue weighted by atomic mass is 9.86. The van der Waals surface area contributed by atoms with Gasteiger partial charge < -0.3 is 21.3 Å². The predicted molar refractivity (Wildman–Crippen MR) is 116 cm³/mol. The molecule has 0 aromatic rings. The Morgan fingerprint density at radius 3 is 1.31 bits per heavy atom. The van der Waals surface area contributed by atoms with Crippen molar-refractivity contribution >= 4 is 23.6 Å². The summed E-state index contributed by atoms with van der Waals surface area (Å²) in [6.07, 6.45) is -14.8. The summed E-state index contributed by atoms with van der Waals surface area (Å²) < 4.78 is 281. The highest BCUT2D eigenvalue weighted by atomic mass is 32.2. The van der Waals surface area contributed by atoms with Crippen molar-refractivity contribution in [1.29, 1.82) is 0 Å². The molecule has 0 saturated carbocycles. The van der Waals surface area contributed by atoms with E-state index in [0.717, 1.165) is 0 Å². The standard InChI is InChI=1S/C20H19F21N2O4S/c21-11(22,2-4-48-3-1-8(44)43-9(45)5-7(42)6-10(46)47)12(23,24)13(25,26)14(27,28)15(29,30)16(31,32)17(33,34)18(35,36)19(37,38)20(39,40)41/h7,9,45H,1-6,42H2,(H,43,44)(H,46,47). The third-order valence-electron chi connectivity index (χ3n) is 5.90. The van der Waals surface area contributed by atoms with E-state index in [0.29, 0.717) is 0 Å². The lowest BCUT2D eigenvalue weighted by Crippen LogP contribution is -2.76. The number of halogens is 21. The number of hydrogen-bond acceptors (Lipinski definition) is 5. The average Bonchev–Trinajstić information content (AvgIpc) is 2.85. The highest BCUT2D eigenvalue weighted by molar-refractivity contribution is 7.99. The summed E-state index contributed by atoms with van der Waals surface area (Å²) in [5.41, 5.74) is 5.30. The number of carboxylic acids is 1. The molecule has 0 aliphatic rings. The first-order chi connectivity index (χ1) is 20.8. The quantitative estimate of drug-likeness (QED) is 0.0686. The highest BCUT2D eigenvalue weighted by Crippen LogP contribution is 2.66. The zero-order valence-electron chi connectivity index (χ0n) is 22.5. The molecule has 0 aromatic carbocycles. The van der Waals surface area contributed by atoms with E-state index in [9.17, 15) is 107 Å². The number of aliphatic carboxylic acids is 1. The smallest absolute Gasteiger partial charge is 0.460 e. The van der Waals surface area contributed by atoms with Gasteiger partial charge in [0.25, 0.3) is 0 Å². The Hall–Kier alpha value is -2.26. The fourth-order valence-electron chi connectivity index (χ4n) is 3.13. The minimum Gasteiger partial charge on any atom is -0.481 e. The molecule has 5 N–H and O–H groups in total. The van der Waals surface area contributed by atoms with Crippen molar-refractivity contribution < 1.29 is 112 Å². The number of alkyl halides is 21. The number of carboxylic acid groups (broad SMARTS) is 1. The van der Waals surface area contributed by atoms with Gasteiger partial charge in [0, 0.05) is 31.1 Å². The van der Waals surface area contributed by atoms with Gasteiger partial charge >= 0.3 is 65.4 Å². The van der Waals surface area contributed by atoms with Gasteiger partial charge in [0.2, 0.25) is 5.91 Å². The van der Waals surface area contributed by atoms with E-state index in [2.05, 4.69) is 0 Å². The van der Waals surface area contributed by atoms with Crippen LogP contribution in [0.5, 0.6) is 0 Å². The Morgan fingerprint density at radius 1 is 0.604 bits per heavy atom. The number of hydrogen-bond donors (Lipinski definition) is 4. The van der Waals surface area contributed by atoms with Crippen LogP contribution in [-0.4, -0.2) is 105 Å². The maximum Gasteiger partial charge on any atom is 0.460 e. The molecule has 0 aliphatic carbocycles. The van der Waals surface area contributed by atoms with E-state index in [1.807, 2.05) is 0 Å². The molecule has 286 valence electrons. The molecule has 0 bridgehead atoms. The van der Waals surface area contributed by atoms with E-state index in [1.165, 1.54) is 0 Å². The summed E-state index contributed by atoms with van der Waals surface area (Å²) in [6, 6.07) is -1.20. The zero-order chi connectivity index (χ0) is 39.0. The summed E-state index contributed by atoms with van der Waals surface area (Å²) in [5, 5.41) is 19.8. The van der Waals surface area contributed by atoms with Gasteiger partial charge in [0.05, 0.1) is 6.42 Å². The first-order valence-corrected chi connectivity index (χ1v) is 13.0. The Kier molecular flexibility index (Phi) is 13.5. The van der Waals surface area contributed by atoms with Gasteiger partial charge in [0.1, 0.15) is 6.23 Å². The van der Waals surface area contributed by atoms with Gasteiger partial charge in [-0.1, -0.05) is 0 Å². The molecular weight excluding hydrogens is 763 g/mol. The molecule has 2 unspecified atom stereocenters. The minimum absolute atomic E-state index is 0.0920. The van der Waals surface area contributed by atoms with Gasteiger partial charge in [-0.2, -0.15) is 104 Å². The molecule has 0 saturated heterocycles. The van der Waals surface area contributed by atoms with Crippen molar-refractivity contribution in [3.05, 3.63) is 0 Å². The average molecular weight is 782 g/mol. The van der Waals surface area contributed by atoms with Crippen molar-refractivity contribution in [1.82, 2.24) is 5.32 Å². The topological polar surface area (TPSA) is 113 Å². The van der Waals surface area contributed by atoms with Crippen molar-refractivity contribution in [2.75, 3.05) is 11.5 Å². The summed E-state index contributed by atoms with van der Waals surface area (Å²) in [7, 11) is 0. The van der Waals surface area contributed by atoms with Crippen LogP contribution < -0.4 is 11.1 Å². The van der Waals surface area contributed by atoms with Crippen LogP contribution in [-0.2, 0) is 9.59 Å². The fraction of sp³-hybridized carbons (Fsp3) is 0.900. The normalized spacial score (nSPS) is 16.5. The van der Waals surface area contributed by atoms with Crippen LogP contribution in [0.4, 0.5) is 92.2 Å². The van der Waals surface area contributed by atoms with Gasteiger partial charge in [-0.25, -0.2) is 0 Å². The molecule has 0 heterocycles. The van der Waals surface area contributed by atoms with Crippen molar-refractivity contribution in [2.24, 2.45) is 5.73 Å². The third-order valence-corrected chi connectivity index (χ3v) is 6.89. The number of nitrogens with two attached hydrogens (primary N) is 1. The summed E-state index contributed by atoms with van der Waals surface area (Å²) in [4.78, 5) is 22.1. The van der Waals surface area contributed by atoms with E-state index >= 15 is 0 Å². The predicted octanol–water partition coefficient (Wildman–Crippen LogP) is 6.41. The van der Waals surface area contributed by atoms with E-state index in [1.54, 1.807) is 5.32 Å². The van der Waals surface area contributed by atoms with Crippen molar-refractivity contribution in [2.45, 2.75) is 97.4 Å². The lowest BCUT2D eigenvalue weighted by Gasteiger charge is -2.44. The van der Waals surface area contributed by atoms with Crippen LogP contribution in [0.1, 0.15) is 25.7 Å². The van der Waals surface area contributed by atoms with Gasteiger partial charge in [0.15, 0.2) is 0 Å². The highest BCUT2D eigenvalue weighted by Gasteiger charge is 2.97. The van der Waals surface area contributed by atoms with Crippen LogP contribution in [0, 0.1) is 0 Å². The Bertz CT molecular complexity index is 1130. The number of rotatable bonds is 19. The molecule has 0 rings (SSSR count). The van der Waals surface area contributed by atoms with E-state index < -0.39 is 121 Å². The van der Waals surface area contributed by atoms with Gasteiger partial charge in [-0.15, -0.1) is 0 Å². The molecule has 0 aliphatic heterocycles. The fourth-order valence-corrected chi connectivity index (χ4v) is 4.06. The molecule has 1 amide bonds. The van der Waals surface area contributed by atoms with E-state index in [-0.39, 0.29) is 11.8 Å². The van der Waals surface area contributed by atoms with Crippen LogP contribution in [0.3, 0.4) is 0 Å². The SMILES string of the molecule is NC(CC(=O)O)CC(O)NC(=O)CCSCCC(F)(F)C(F)(F)C(F)(F)C(F)(F)C(F)(F)C(F)(F)C(F)(F)C(F)(F)C(F)(F)C(F)(F)F. The lowest BCUT2D eigenvalue weighted by molar-refractivity contribution is -0.474. The van der Waals surface area contributed by atoms with Crippen LogP contribution >= 0.6 is 11.8 Å². The number of aliphatic hydroxyl groups excluding tert-OH is 1. The van der Waals surface area contributed by atoms with E-state index in [4.69, 9.17) is 10.8 Å². The Morgan fingerprint density at radius 2 is 0.958 bits per heavy atom. The number of thioether (sulfide) groups is 1. The molecule has 48 heavy (non-hydrogen) atoms. The molecule has 0 radical (unpaired) electrons. The van der Waals surface area contributed by atoms with Crippen LogP contribution in [0.2, 0.25) is 0 Å². The van der Waals surface area contributed by atoms with Gasteiger partial charge in [-0.05, 0) is 5.75 Å². The van der Waals surface area contributed by atoms with Gasteiger partial charge in [-0.3, -0.25) is 9.59 Å².